The molecular weight excluding hydrogens is 410 g/mol. The van der Waals surface area contributed by atoms with Crippen LogP contribution in [0.4, 0.5) is 11.4 Å². The summed E-state index contributed by atoms with van der Waals surface area (Å²) in [6, 6.07) is 16.2. The molecule has 1 N–H and O–H groups in total. The van der Waals surface area contributed by atoms with Gasteiger partial charge in [0.2, 0.25) is 0 Å². The van der Waals surface area contributed by atoms with Gasteiger partial charge in [-0.15, -0.1) is 0 Å². The van der Waals surface area contributed by atoms with Gasteiger partial charge in [-0.1, -0.05) is 56.5 Å². The molecule has 0 unspecified atom stereocenters. The highest BCUT2D eigenvalue weighted by Crippen LogP contribution is 2.32. The summed E-state index contributed by atoms with van der Waals surface area (Å²) in [5, 5.41) is 4.40. The molecule has 3 nitrogen and oxygen atoms in total. The minimum atomic E-state index is 0.502. The molecule has 0 aromatic heterocycles. The quantitative estimate of drug-likeness (QED) is 0.481. The normalized spacial score (nSPS) is 20.5. The van der Waals surface area contributed by atoms with Crippen molar-refractivity contribution in [1.29, 1.82) is 0 Å². The Balaban J connectivity index is 1.56. The average Bonchev–Trinajstić information content (AvgIpc) is 2.80. The maximum absolute atomic E-state index is 6.00. The van der Waals surface area contributed by atoms with Crippen LogP contribution in [-0.4, -0.2) is 29.1 Å². The average molecular weight is 450 g/mol. The number of aryl methyl sites for hydroxylation is 2. The van der Waals surface area contributed by atoms with Crippen molar-refractivity contribution in [3.63, 3.8) is 0 Å². The third kappa shape index (κ3) is 5.46. The van der Waals surface area contributed by atoms with Gasteiger partial charge in [0.15, 0.2) is 5.11 Å². The summed E-state index contributed by atoms with van der Waals surface area (Å²) in [5.74, 6) is 0.666. The maximum atomic E-state index is 6.00. The SMILES string of the molecule is CCCN1CCCc2cc(CN(C(=S)Nc3ccc(C)cc3)[C@H]3CCCC[C@H]3C)ccc21. The number of anilines is 2. The molecule has 32 heavy (non-hydrogen) atoms. The number of hydrogen-bond donors (Lipinski definition) is 1. The van der Waals surface area contributed by atoms with Gasteiger partial charge in [0.05, 0.1) is 0 Å². The molecule has 2 atom stereocenters. The smallest absolute Gasteiger partial charge is 0.173 e. The van der Waals surface area contributed by atoms with Crippen molar-refractivity contribution in [1.82, 2.24) is 4.90 Å². The highest BCUT2D eigenvalue weighted by atomic mass is 32.1. The fourth-order valence-electron chi connectivity index (χ4n) is 5.46. The first-order valence-corrected chi connectivity index (χ1v) is 13.0. The fourth-order valence-corrected chi connectivity index (χ4v) is 5.77. The Hall–Kier alpha value is -2.07. The summed E-state index contributed by atoms with van der Waals surface area (Å²) in [5.41, 5.74) is 6.68. The van der Waals surface area contributed by atoms with Crippen LogP contribution in [0.25, 0.3) is 0 Å². The van der Waals surface area contributed by atoms with Crippen LogP contribution >= 0.6 is 12.2 Å². The van der Waals surface area contributed by atoms with E-state index in [1.54, 1.807) is 0 Å². The lowest BCUT2D eigenvalue weighted by molar-refractivity contribution is 0.177. The summed E-state index contributed by atoms with van der Waals surface area (Å²) in [7, 11) is 0. The molecule has 0 radical (unpaired) electrons. The minimum absolute atomic E-state index is 0.502. The van der Waals surface area contributed by atoms with Crippen LogP contribution in [-0.2, 0) is 13.0 Å². The van der Waals surface area contributed by atoms with Crippen LogP contribution < -0.4 is 10.2 Å². The van der Waals surface area contributed by atoms with Crippen molar-refractivity contribution in [2.75, 3.05) is 23.3 Å². The molecule has 1 aliphatic carbocycles. The zero-order valence-electron chi connectivity index (χ0n) is 20.1. The van der Waals surface area contributed by atoms with Crippen LogP contribution in [0.15, 0.2) is 42.5 Å². The molecule has 172 valence electrons. The van der Waals surface area contributed by atoms with Crippen LogP contribution in [0.5, 0.6) is 0 Å². The second-order valence-electron chi connectivity index (χ2n) is 9.81. The standard InChI is InChI=1S/C28H39N3S/c1-4-17-30-18-7-9-24-19-23(13-16-27(24)30)20-31(26-10-6-5-8-22(26)3)28(32)29-25-14-11-21(2)12-15-25/h11-16,19,22,26H,4-10,17-18,20H2,1-3H3,(H,29,32)/t22-,26+/m1/s1. The van der Waals surface area contributed by atoms with Gasteiger partial charge in [-0.3, -0.25) is 0 Å². The Kier molecular flexibility index (Phi) is 7.72. The van der Waals surface area contributed by atoms with Gasteiger partial charge in [0.1, 0.15) is 0 Å². The van der Waals surface area contributed by atoms with Crippen LogP contribution in [0, 0.1) is 12.8 Å². The van der Waals surface area contributed by atoms with E-state index in [-0.39, 0.29) is 0 Å². The lowest BCUT2D eigenvalue weighted by atomic mass is 9.84. The van der Waals surface area contributed by atoms with Crippen LogP contribution in [0.1, 0.15) is 69.1 Å². The van der Waals surface area contributed by atoms with E-state index in [4.69, 9.17) is 12.2 Å². The van der Waals surface area contributed by atoms with Gasteiger partial charge in [-0.2, -0.15) is 0 Å². The van der Waals surface area contributed by atoms with E-state index in [9.17, 15) is 0 Å². The summed E-state index contributed by atoms with van der Waals surface area (Å²) in [6.07, 6.45) is 8.82. The predicted octanol–water partition coefficient (Wildman–Crippen LogP) is 6.94. The largest absolute Gasteiger partial charge is 0.371 e. The highest BCUT2D eigenvalue weighted by Gasteiger charge is 2.29. The number of benzene rings is 2. The topological polar surface area (TPSA) is 18.5 Å². The van der Waals surface area contributed by atoms with E-state index in [1.807, 2.05) is 0 Å². The van der Waals surface area contributed by atoms with E-state index in [0.717, 1.165) is 23.9 Å². The molecule has 2 aromatic rings. The van der Waals surface area contributed by atoms with Gasteiger partial charge in [0, 0.05) is 37.1 Å². The maximum Gasteiger partial charge on any atom is 0.173 e. The molecule has 2 aliphatic rings. The van der Waals surface area contributed by atoms with Crippen LogP contribution in [0.3, 0.4) is 0 Å². The monoisotopic (exact) mass is 449 g/mol. The second kappa shape index (κ2) is 10.7. The second-order valence-corrected chi connectivity index (χ2v) is 10.2. The van der Waals surface area contributed by atoms with Crippen molar-refractivity contribution >= 4 is 28.7 Å². The number of hydrogen-bond acceptors (Lipinski definition) is 2. The molecule has 2 aromatic carbocycles. The van der Waals surface area contributed by atoms with Crippen molar-refractivity contribution in [3.05, 3.63) is 59.2 Å². The van der Waals surface area contributed by atoms with E-state index in [2.05, 4.69) is 78.4 Å². The summed E-state index contributed by atoms with van der Waals surface area (Å²) in [4.78, 5) is 5.04. The minimum Gasteiger partial charge on any atom is -0.371 e. The van der Waals surface area contributed by atoms with E-state index in [1.165, 1.54) is 73.9 Å². The molecule has 1 aliphatic heterocycles. The van der Waals surface area contributed by atoms with Gasteiger partial charge >= 0.3 is 0 Å². The van der Waals surface area contributed by atoms with Gasteiger partial charge < -0.3 is 15.1 Å². The van der Waals surface area contributed by atoms with Gasteiger partial charge in [-0.05, 0) is 86.5 Å². The predicted molar refractivity (Wildman–Crippen MR) is 142 cm³/mol. The number of fused-ring (bicyclic) bond motifs is 1. The first kappa shape index (κ1) is 23.1. The van der Waals surface area contributed by atoms with Crippen molar-refractivity contribution in [2.45, 2.75) is 78.3 Å². The first-order chi connectivity index (χ1) is 15.5. The third-order valence-electron chi connectivity index (χ3n) is 7.24. The molecular formula is C28H39N3S. The van der Waals surface area contributed by atoms with Gasteiger partial charge in [0.25, 0.3) is 0 Å². The number of rotatable bonds is 6. The Morgan fingerprint density at radius 3 is 2.62 bits per heavy atom. The third-order valence-corrected chi connectivity index (χ3v) is 7.57. The molecule has 0 spiro atoms. The first-order valence-electron chi connectivity index (χ1n) is 12.6. The molecule has 1 saturated carbocycles. The van der Waals surface area contributed by atoms with Gasteiger partial charge in [-0.25, -0.2) is 0 Å². The Labute approximate surface area is 200 Å². The van der Waals surface area contributed by atoms with E-state index in [0.29, 0.717) is 12.0 Å². The van der Waals surface area contributed by atoms with Crippen LogP contribution in [0.2, 0.25) is 0 Å². The lowest BCUT2D eigenvalue weighted by Gasteiger charge is -2.40. The molecule has 1 heterocycles. The highest BCUT2D eigenvalue weighted by molar-refractivity contribution is 7.80. The van der Waals surface area contributed by atoms with E-state index < -0.39 is 0 Å². The lowest BCUT2D eigenvalue weighted by Crippen LogP contribution is -2.46. The van der Waals surface area contributed by atoms with Crippen molar-refractivity contribution in [2.24, 2.45) is 5.92 Å². The Morgan fingerprint density at radius 2 is 1.88 bits per heavy atom. The molecule has 0 bridgehead atoms. The number of nitrogens with one attached hydrogen (secondary N) is 1. The van der Waals surface area contributed by atoms with Crippen molar-refractivity contribution in [3.8, 4) is 0 Å². The zero-order valence-corrected chi connectivity index (χ0v) is 20.9. The number of nitrogens with zero attached hydrogens (tertiary/aromatic N) is 2. The van der Waals surface area contributed by atoms with Crippen molar-refractivity contribution < 1.29 is 0 Å². The Morgan fingerprint density at radius 1 is 1.09 bits per heavy atom. The van der Waals surface area contributed by atoms with E-state index >= 15 is 0 Å². The zero-order chi connectivity index (χ0) is 22.5. The molecule has 1 fully saturated rings. The number of thiocarbonyl (C=S) groups is 1. The molecule has 0 saturated heterocycles. The summed E-state index contributed by atoms with van der Waals surface area (Å²) < 4.78 is 0. The fraction of sp³-hybridized carbons (Fsp3) is 0.536. The summed E-state index contributed by atoms with van der Waals surface area (Å²) in [6.45, 7) is 10.0. The molecule has 4 heteroatoms. The summed E-state index contributed by atoms with van der Waals surface area (Å²) >= 11 is 6.00. The Bertz CT molecular complexity index is 907. The molecule has 4 rings (SSSR count). The molecule has 0 amide bonds.